The van der Waals surface area contributed by atoms with Gasteiger partial charge in [0, 0.05) is 50.4 Å². The molecule has 1 aliphatic rings. The van der Waals surface area contributed by atoms with Crippen LogP contribution < -0.4 is 15.5 Å². The minimum atomic E-state index is 0. The summed E-state index contributed by atoms with van der Waals surface area (Å²) in [6, 6.07) is 6.09. The third-order valence-corrected chi connectivity index (χ3v) is 5.26. The third kappa shape index (κ3) is 6.56. The summed E-state index contributed by atoms with van der Waals surface area (Å²) < 4.78 is 10.9. The first kappa shape index (κ1) is 24.4. The Balaban J connectivity index is 0.00000320. The van der Waals surface area contributed by atoms with Crippen molar-refractivity contribution in [2.24, 2.45) is 4.99 Å². The third-order valence-electron chi connectivity index (χ3n) is 5.26. The Morgan fingerprint density at radius 2 is 1.93 bits per heavy atom. The van der Waals surface area contributed by atoms with Gasteiger partial charge >= 0.3 is 0 Å². The molecule has 0 amide bonds. The van der Waals surface area contributed by atoms with Crippen molar-refractivity contribution >= 4 is 35.8 Å². The van der Waals surface area contributed by atoms with Gasteiger partial charge in [-0.3, -0.25) is 4.99 Å². The van der Waals surface area contributed by atoms with E-state index in [4.69, 9.17) is 9.26 Å². The van der Waals surface area contributed by atoms with E-state index in [9.17, 15) is 0 Å². The molecule has 0 atom stereocenters. The molecule has 2 aromatic heterocycles. The molecule has 0 bridgehead atoms. The highest BCUT2D eigenvalue weighted by Gasteiger charge is 2.16. The fourth-order valence-corrected chi connectivity index (χ4v) is 3.51. The molecule has 1 aliphatic heterocycles. The van der Waals surface area contributed by atoms with Crippen LogP contribution in [0.3, 0.4) is 0 Å². The van der Waals surface area contributed by atoms with Crippen LogP contribution in [0.4, 0.5) is 5.82 Å². The number of rotatable bonds is 8. The van der Waals surface area contributed by atoms with Crippen molar-refractivity contribution in [2.45, 2.75) is 45.7 Å². The van der Waals surface area contributed by atoms with Crippen molar-refractivity contribution in [3.8, 4) is 0 Å². The highest BCUT2D eigenvalue weighted by molar-refractivity contribution is 14.0. The molecule has 2 N–H and O–H groups in total. The van der Waals surface area contributed by atoms with Crippen molar-refractivity contribution in [3.63, 3.8) is 0 Å². The average Bonchev–Trinajstić information content (AvgIpc) is 3.24. The molecule has 0 aliphatic carbocycles. The maximum Gasteiger partial charge on any atom is 0.191 e. The molecule has 30 heavy (non-hydrogen) atoms. The summed E-state index contributed by atoms with van der Waals surface area (Å²) >= 11 is 0. The van der Waals surface area contributed by atoms with Gasteiger partial charge in [-0.15, -0.1) is 24.0 Å². The van der Waals surface area contributed by atoms with Crippen LogP contribution in [-0.2, 0) is 17.8 Å². The zero-order valence-corrected chi connectivity index (χ0v) is 20.4. The monoisotopic (exact) mass is 528 g/mol. The van der Waals surface area contributed by atoms with E-state index in [0.717, 1.165) is 62.0 Å². The summed E-state index contributed by atoms with van der Waals surface area (Å²) in [6.45, 7) is 8.73. The second-order valence-corrected chi connectivity index (χ2v) is 7.10. The predicted molar refractivity (Wildman–Crippen MR) is 130 cm³/mol. The summed E-state index contributed by atoms with van der Waals surface area (Å²) in [4.78, 5) is 11.2. The molecule has 9 heteroatoms. The van der Waals surface area contributed by atoms with Crippen LogP contribution in [0.5, 0.6) is 0 Å². The molecule has 3 rings (SSSR count). The van der Waals surface area contributed by atoms with Gasteiger partial charge in [0.2, 0.25) is 0 Å². The first-order valence-corrected chi connectivity index (χ1v) is 10.4. The molecule has 3 heterocycles. The van der Waals surface area contributed by atoms with Crippen molar-refractivity contribution in [2.75, 3.05) is 38.3 Å². The molecule has 166 valence electrons. The first-order chi connectivity index (χ1) is 14.2. The highest BCUT2D eigenvalue weighted by atomic mass is 127. The van der Waals surface area contributed by atoms with E-state index in [0.29, 0.717) is 25.0 Å². The lowest BCUT2D eigenvalue weighted by atomic mass is 9.99. The maximum atomic E-state index is 5.48. The SMILES string of the molecule is CCC(CC)c1cc(CNC(=NC)NCc2cccnc2N2CCOCC2)on1.I. The Morgan fingerprint density at radius 1 is 1.20 bits per heavy atom. The Morgan fingerprint density at radius 3 is 2.63 bits per heavy atom. The topological polar surface area (TPSA) is 87.8 Å². The average molecular weight is 528 g/mol. The minimum absolute atomic E-state index is 0. The lowest BCUT2D eigenvalue weighted by Gasteiger charge is -2.29. The summed E-state index contributed by atoms with van der Waals surface area (Å²) in [5, 5.41) is 10.9. The van der Waals surface area contributed by atoms with Gasteiger partial charge in [-0.25, -0.2) is 4.98 Å². The molecular weight excluding hydrogens is 495 g/mol. The zero-order valence-electron chi connectivity index (χ0n) is 18.1. The second kappa shape index (κ2) is 12.7. The number of morpholine rings is 1. The maximum absolute atomic E-state index is 5.48. The summed E-state index contributed by atoms with van der Waals surface area (Å²) in [5.41, 5.74) is 2.16. The van der Waals surface area contributed by atoms with Crippen molar-refractivity contribution in [1.82, 2.24) is 20.8 Å². The van der Waals surface area contributed by atoms with Crippen molar-refractivity contribution < 1.29 is 9.26 Å². The summed E-state index contributed by atoms with van der Waals surface area (Å²) in [7, 11) is 1.76. The molecule has 2 aromatic rings. The number of hydrogen-bond acceptors (Lipinski definition) is 6. The Labute approximate surface area is 195 Å². The lowest BCUT2D eigenvalue weighted by molar-refractivity contribution is 0.122. The Bertz CT molecular complexity index is 787. The van der Waals surface area contributed by atoms with Crippen LogP contribution in [0.1, 0.15) is 49.6 Å². The fourth-order valence-electron chi connectivity index (χ4n) is 3.51. The quantitative estimate of drug-likeness (QED) is 0.309. The Hall–Kier alpha value is -1.88. The van der Waals surface area contributed by atoms with Crippen LogP contribution >= 0.6 is 24.0 Å². The number of anilines is 1. The number of pyridine rings is 1. The summed E-state index contributed by atoms with van der Waals surface area (Å²) in [6.07, 6.45) is 3.97. The normalized spacial score (nSPS) is 14.5. The van der Waals surface area contributed by atoms with E-state index in [1.807, 2.05) is 18.3 Å². The van der Waals surface area contributed by atoms with Gasteiger partial charge in [0.15, 0.2) is 11.7 Å². The predicted octanol–water partition coefficient (Wildman–Crippen LogP) is 3.29. The van der Waals surface area contributed by atoms with E-state index in [1.54, 1.807) is 7.05 Å². The van der Waals surface area contributed by atoms with Gasteiger partial charge in [0.05, 0.1) is 25.5 Å². The number of halogens is 1. The van der Waals surface area contributed by atoms with E-state index in [1.165, 1.54) is 0 Å². The number of nitrogens with zero attached hydrogens (tertiary/aromatic N) is 4. The largest absolute Gasteiger partial charge is 0.378 e. The van der Waals surface area contributed by atoms with Crippen LogP contribution in [0.2, 0.25) is 0 Å². The number of aliphatic imine (C=N–C) groups is 1. The second-order valence-electron chi connectivity index (χ2n) is 7.10. The van der Waals surface area contributed by atoms with Crippen LogP contribution in [0.15, 0.2) is 33.9 Å². The standard InChI is InChI=1S/C21H32N6O2.HI/c1-4-16(5-2)19-13-18(29-26-19)15-25-21(22-3)24-14-17-7-6-8-23-20(17)27-9-11-28-12-10-27;/h6-8,13,16H,4-5,9-12,14-15H2,1-3H3,(H2,22,24,25);1H. The molecule has 0 radical (unpaired) electrons. The van der Waals surface area contributed by atoms with Gasteiger partial charge in [-0.1, -0.05) is 25.1 Å². The van der Waals surface area contributed by atoms with Gasteiger partial charge < -0.3 is 24.8 Å². The van der Waals surface area contributed by atoms with E-state index < -0.39 is 0 Å². The zero-order chi connectivity index (χ0) is 20.5. The van der Waals surface area contributed by atoms with E-state index in [2.05, 4.69) is 50.6 Å². The lowest BCUT2D eigenvalue weighted by Crippen LogP contribution is -2.39. The minimum Gasteiger partial charge on any atom is -0.378 e. The van der Waals surface area contributed by atoms with Crippen molar-refractivity contribution in [3.05, 3.63) is 41.4 Å². The first-order valence-electron chi connectivity index (χ1n) is 10.4. The molecule has 0 saturated carbocycles. The number of ether oxygens (including phenoxy) is 1. The summed E-state index contributed by atoms with van der Waals surface area (Å²) in [5.74, 6) is 2.98. The van der Waals surface area contributed by atoms with Gasteiger partial charge in [0.1, 0.15) is 5.82 Å². The van der Waals surface area contributed by atoms with E-state index >= 15 is 0 Å². The molecule has 0 aromatic carbocycles. The smallest absolute Gasteiger partial charge is 0.191 e. The van der Waals surface area contributed by atoms with Crippen molar-refractivity contribution in [1.29, 1.82) is 0 Å². The van der Waals surface area contributed by atoms with Crippen LogP contribution in [0, 0.1) is 0 Å². The number of nitrogens with one attached hydrogen (secondary N) is 2. The van der Waals surface area contributed by atoms with Crippen LogP contribution in [0.25, 0.3) is 0 Å². The molecule has 1 fully saturated rings. The molecule has 0 spiro atoms. The fraction of sp³-hybridized carbons (Fsp3) is 0.571. The number of hydrogen-bond donors (Lipinski definition) is 2. The molecule has 1 saturated heterocycles. The number of aromatic nitrogens is 2. The molecule has 8 nitrogen and oxygen atoms in total. The molecule has 0 unspecified atom stereocenters. The van der Waals surface area contributed by atoms with Gasteiger partial charge in [0.25, 0.3) is 0 Å². The highest BCUT2D eigenvalue weighted by Crippen LogP contribution is 2.22. The number of guanidine groups is 1. The Kier molecular flexibility index (Phi) is 10.4. The van der Waals surface area contributed by atoms with Crippen LogP contribution in [-0.4, -0.2) is 49.5 Å². The van der Waals surface area contributed by atoms with E-state index in [-0.39, 0.29) is 24.0 Å². The van der Waals surface area contributed by atoms with Gasteiger partial charge in [-0.2, -0.15) is 0 Å². The van der Waals surface area contributed by atoms with Gasteiger partial charge in [-0.05, 0) is 18.9 Å². The molecular formula is C21H33IN6O2.